The molecule has 2 unspecified atom stereocenters. The second kappa shape index (κ2) is 7.78. The number of allylic oxidation sites excluding steroid dienone is 2. The van der Waals surface area contributed by atoms with Gasteiger partial charge in [0, 0.05) is 50.4 Å². The Labute approximate surface area is 182 Å². The Kier molecular flexibility index (Phi) is 5.21. The third kappa shape index (κ3) is 3.93. The van der Waals surface area contributed by atoms with E-state index >= 15 is 0 Å². The summed E-state index contributed by atoms with van der Waals surface area (Å²) in [6, 6.07) is 4.77. The molecule has 0 amide bonds. The number of fused-ring (bicyclic) bond motifs is 2. The number of alkyl halides is 3. The van der Waals surface area contributed by atoms with Gasteiger partial charge in [-0.05, 0) is 43.2 Å². The van der Waals surface area contributed by atoms with Crippen LogP contribution in [0.4, 0.5) is 22.7 Å². The lowest BCUT2D eigenvalue weighted by molar-refractivity contribution is -0.172. The Balaban J connectivity index is 1.50. The molecule has 31 heavy (non-hydrogen) atoms. The molecule has 2 aromatic rings. The van der Waals surface area contributed by atoms with Gasteiger partial charge in [0.15, 0.2) is 5.13 Å². The van der Waals surface area contributed by atoms with Crippen LogP contribution in [-0.4, -0.2) is 54.8 Å². The molecule has 1 N–H and O–H groups in total. The topological polar surface area (TPSA) is 31.4 Å². The van der Waals surface area contributed by atoms with Crippen molar-refractivity contribution in [2.45, 2.75) is 25.6 Å². The first-order valence-electron chi connectivity index (χ1n) is 10.6. The highest BCUT2D eigenvalue weighted by molar-refractivity contribution is 7.22. The van der Waals surface area contributed by atoms with Crippen LogP contribution in [0.2, 0.25) is 0 Å². The Morgan fingerprint density at radius 1 is 1.19 bits per heavy atom. The highest BCUT2D eigenvalue weighted by Gasteiger charge is 2.48. The molecule has 0 saturated carbocycles. The zero-order chi connectivity index (χ0) is 21.8. The van der Waals surface area contributed by atoms with Crippen LogP contribution in [0.1, 0.15) is 13.3 Å². The van der Waals surface area contributed by atoms with Crippen molar-refractivity contribution in [1.29, 1.82) is 0 Å². The fraction of sp³-hybridized carbons (Fsp3) is 0.500. The normalized spacial score (nSPS) is 27.2. The van der Waals surface area contributed by atoms with Crippen LogP contribution >= 0.6 is 11.3 Å². The molecule has 0 radical (unpaired) electrons. The average Bonchev–Trinajstić information content (AvgIpc) is 3.15. The molecule has 3 atom stereocenters. The number of hydrogen-bond acceptors (Lipinski definition) is 5. The number of piperazine rings is 1. The maximum Gasteiger partial charge on any atom is 0.395 e. The van der Waals surface area contributed by atoms with Crippen LogP contribution in [0, 0.1) is 17.7 Å². The molecule has 2 saturated heterocycles. The van der Waals surface area contributed by atoms with Gasteiger partial charge in [-0.15, -0.1) is 0 Å². The fourth-order valence-electron chi connectivity index (χ4n) is 4.96. The molecule has 2 aliphatic heterocycles. The minimum absolute atomic E-state index is 0.285. The van der Waals surface area contributed by atoms with Gasteiger partial charge in [0.2, 0.25) is 0 Å². The van der Waals surface area contributed by atoms with Gasteiger partial charge in [-0.25, -0.2) is 9.37 Å². The number of hydrogen-bond donors (Lipinski definition) is 1. The maximum atomic E-state index is 13.8. The Morgan fingerprint density at radius 2 is 2.03 bits per heavy atom. The number of nitrogens with one attached hydrogen (secondary N) is 1. The van der Waals surface area contributed by atoms with E-state index in [1.165, 1.54) is 29.5 Å². The third-order valence-electron chi connectivity index (χ3n) is 6.44. The average molecular weight is 453 g/mol. The summed E-state index contributed by atoms with van der Waals surface area (Å²) < 4.78 is 55.7. The lowest BCUT2D eigenvalue weighted by Gasteiger charge is -2.44. The fourth-order valence-corrected chi connectivity index (χ4v) is 5.97. The summed E-state index contributed by atoms with van der Waals surface area (Å²) in [4.78, 5) is 8.88. The summed E-state index contributed by atoms with van der Waals surface area (Å²) in [5, 5.41) is 4.13. The Bertz CT molecular complexity index is 1040. The van der Waals surface area contributed by atoms with Crippen molar-refractivity contribution in [2.75, 3.05) is 37.6 Å². The summed E-state index contributed by atoms with van der Waals surface area (Å²) in [5.41, 5.74) is 2.48. The van der Waals surface area contributed by atoms with Crippen LogP contribution < -0.4 is 10.2 Å². The van der Waals surface area contributed by atoms with Crippen LogP contribution in [0.3, 0.4) is 0 Å². The van der Waals surface area contributed by atoms with Crippen molar-refractivity contribution in [2.24, 2.45) is 11.8 Å². The predicted molar refractivity (Wildman–Crippen MR) is 115 cm³/mol. The van der Waals surface area contributed by atoms with Gasteiger partial charge in [0.25, 0.3) is 0 Å². The summed E-state index contributed by atoms with van der Waals surface area (Å²) in [7, 11) is 0. The van der Waals surface area contributed by atoms with Crippen molar-refractivity contribution >= 4 is 26.7 Å². The van der Waals surface area contributed by atoms with Crippen LogP contribution in [0.25, 0.3) is 10.2 Å². The summed E-state index contributed by atoms with van der Waals surface area (Å²) in [6.45, 7) is 5.36. The van der Waals surface area contributed by atoms with Crippen molar-refractivity contribution in [3.05, 3.63) is 47.4 Å². The van der Waals surface area contributed by atoms with Gasteiger partial charge in [0.1, 0.15) is 5.82 Å². The lowest BCUT2D eigenvalue weighted by Crippen LogP contribution is -2.51. The Morgan fingerprint density at radius 3 is 2.81 bits per heavy atom. The number of nitrogens with zero attached hydrogens (tertiary/aromatic N) is 3. The number of benzene rings is 1. The number of piperidine rings is 1. The van der Waals surface area contributed by atoms with Gasteiger partial charge >= 0.3 is 6.18 Å². The molecule has 166 valence electrons. The summed E-state index contributed by atoms with van der Waals surface area (Å²) in [6.07, 6.45) is -0.810. The summed E-state index contributed by atoms with van der Waals surface area (Å²) in [5.74, 6) is -2.31. The van der Waals surface area contributed by atoms with Gasteiger partial charge in [-0.1, -0.05) is 17.4 Å². The van der Waals surface area contributed by atoms with E-state index < -0.39 is 18.0 Å². The van der Waals surface area contributed by atoms with Crippen molar-refractivity contribution < 1.29 is 17.6 Å². The quantitative estimate of drug-likeness (QED) is 0.677. The highest BCUT2D eigenvalue weighted by atomic mass is 32.1. The van der Waals surface area contributed by atoms with E-state index in [4.69, 9.17) is 0 Å². The molecule has 1 aromatic carbocycles. The first-order chi connectivity index (χ1) is 14.8. The third-order valence-corrected chi connectivity index (χ3v) is 7.52. The minimum Gasteiger partial charge on any atom is -0.369 e. The molecule has 0 spiro atoms. The molecule has 3 heterocycles. The first-order valence-corrected chi connectivity index (χ1v) is 11.4. The smallest absolute Gasteiger partial charge is 0.369 e. The van der Waals surface area contributed by atoms with E-state index in [-0.39, 0.29) is 11.9 Å². The molecule has 1 aliphatic carbocycles. The van der Waals surface area contributed by atoms with E-state index in [1.807, 2.05) is 4.90 Å². The van der Waals surface area contributed by atoms with Gasteiger partial charge in [-0.3, -0.25) is 0 Å². The predicted octanol–water partition coefficient (Wildman–Crippen LogP) is 4.56. The number of rotatable bonds is 2. The van der Waals surface area contributed by atoms with Crippen LogP contribution in [-0.2, 0) is 0 Å². The molecule has 9 heteroatoms. The standard InChI is InChI=1S/C22H24F4N4S/c1-13-11-29(9-7-27-13)19-5-3-17(22(24,25)26)15-6-8-30(12-16(15)19)21-28-18-4-2-14(23)10-20(18)31-21/h2-5,10,13,15,17,27H,6-9,11-12H2,1H3/t13-,15?,17?/m1/s1. The SMILES string of the molecule is C[C@@H]1CN(C2=C3CN(c4nc5ccc(F)cc5s4)CCC3C(C(F)(F)F)C=C2)CCN1. The molecule has 4 nitrogen and oxygen atoms in total. The van der Waals surface area contributed by atoms with Crippen LogP contribution in [0.15, 0.2) is 41.6 Å². The highest BCUT2D eigenvalue weighted by Crippen LogP contribution is 2.46. The van der Waals surface area contributed by atoms with E-state index in [1.54, 1.807) is 12.1 Å². The molecular weight excluding hydrogens is 428 g/mol. The van der Waals surface area contributed by atoms with E-state index in [9.17, 15) is 17.6 Å². The molecular formula is C22H24F4N4S. The maximum absolute atomic E-state index is 13.8. The molecule has 0 bridgehead atoms. The van der Waals surface area contributed by atoms with E-state index in [2.05, 4.69) is 22.1 Å². The monoisotopic (exact) mass is 452 g/mol. The van der Waals surface area contributed by atoms with Crippen LogP contribution in [0.5, 0.6) is 0 Å². The molecule has 5 rings (SSSR count). The molecule has 3 aliphatic rings. The van der Waals surface area contributed by atoms with Crippen molar-refractivity contribution in [3.8, 4) is 0 Å². The van der Waals surface area contributed by atoms with Gasteiger partial charge < -0.3 is 15.1 Å². The van der Waals surface area contributed by atoms with Crippen molar-refractivity contribution in [3.63, 3.8) is 0 Å². The second-order valence-electron chi connectivity index (χ2n) is 8.56. The molecule has 1 aromatic heterocycles. The number of halogens is 4. The van der Waals surface area contributed by atoms with Gasteiger partial charge in [-0.2, -0.15) is 13.2 Å². The first kappa shape index (κ1) is 20.8. The zero-order valence-electron chi connectivity index (χ0n) is 17.1. The van der Waals surface area contributed by atoms with Crippen molar-refractivity contribution in [1.82, 2.24) is 15.2 Å². The second-order valence-corrected chi connectivity index (χ2v) is 9.57. The number of anilines is 1. The van der Waals surface area contributed by atoms with E-state index in [0.29, 0.717) is 25.0 Å². The Hall–Kier alpha value is -2.13. The molecule has 2 fully saturated rings. The summed E-state index contributed by atoms with van der Waals surface area (Å²) >= 11 is 1.39. The van der Waals surface area contributed by atoms with E-state index in [0.717, 1.165) is 40.7 Å². The number of thiazole rings is 1. The largest absolute Gasteiger partial charge is 0.395 e. The zero-order valence-corrected chi connectivity index (χ0v) is 17.9. The minimum atomic E-state index is -4.26. The lowest BCUT2D eigenvalue weighted by atomic mass is 9.76. The van der Waals surface area contributed by atoms with Gasteiger partial charge in [0.05, 0.1) is 16.1 Å². The number of aromatic nitrogens is 1.